The first-order valence-corrected chi connectivity index (χ1v) is 12.2. The van der Waals surface area contributed by atoms with Crippen molar-refractivity contribution in [1.29, 1.82) is 0 Å². The van der Waals surface area contributed by atoms with E-state index in [2.05, 4.69) is 10.3 Å². The van der Waals surface area contributed by atoms with Crippen LogP contribution < -0.4 is 10.2 Å². The number of anilines is 2. The SMILES string of the molecule is Cc1ccc(/C=C2/N=C(SCC(=O)Nc3ccc(Cl)cc3)N(c3ccc(Cl)cc3C)C2=O)cc1. The van der Waals surface area contributed by atoms with Gasteiger partial charge in [0.1, 0.15) is 5.70 Å². The van der Waals surface area contributed by atoms with Crippen molar-refractivity contribution in [3.05, 3.63) is 99.2 Å². The highest BCUT2D eigenvalue weighted by atomic mass is 35.5. The lowest BCUT2D eigenvalue weighted by molar-refractivity contribution is -0.114. The first-order chi connectivity index (χ1) is 16.3. The number of rotatable bonds is 5. The van der Waals surface area contributed by atoms with Gasteiger partial charge in [-0.2, -0.15) is 0 Å². The van der Waals surface area contributed by atoms with E-state index in [1.54, 1.807) is 48.5 Å². The Morgan fingerprint density at radius 2 is 1.68 bits per heavy atom. The quantitative estimate of drug-likeness (QED) is 0.388. The molecule has 4 rings (SSSR count). The first-order valence-electron chi connectivity index (χ1n) is 10.5. The molecule has 1 aliphatic rings. The Labute approximate surface area is 212 Å². The molecule has 1 aliphatic heterocycles. The number of benzene rings is 3. The van der Waals surface area contributed by atoms with Crippen LogP contribution in [0.15, 0.2) is 77.4 Å². The monoisotopic (exact) mass is 509 g/mol. The minimum absolute atomic E-state index is 0.0791. The second-order valence-corrected chi connectivity index (χ2v) is 9.57. The van der Waals surface area contributed by atoms with Gasteiger partial charge in [0.25, 0.3) is 5.91 Å². The smallest absolute Gasteiger partial charge is 0.283 e. The normalized spacial score (nSPS) is 14.5. The number of thioether (sulfide) groups is 1. The number of aryl methyl sites for hydroxylation is 2. The van der Waals surface area contributed by atoms with Crippen LogP contribution in [0.2, 0.25) is 10.0 Å². The Balaban J connectivity index is 1.59. The molecule has 172 valence electrons. The predicted octanol–water partition coefficient (Wildman–Crippen LogP) is 6.73. The second-order valence-electron chi connectivity index (χ2n) is 7.75. The fourth-order valence-corrected chi connectivity index (χ4v) is 4.51. The van der Waals surface area contributed by atoms with Gasteiger partial charge in [-0.05, 0) is 73.5 Å². The number of carbonyl (C=O) groups excluding carboxylic acids is 2. The first kappa shape index (κ1) is 24.1. The summed E-state index contributed by atoms with van der Waals surface area (Å²) in [6.45, 7) is 3.89. The highest BCUT2D eigenvalue weighted by Gasteiger charge is 2.33. The summed E-state index contributed by atoms with van der Waals surface area (Å²) in [6, 6.07) is 20.0. The van der Waals surface area contributed by atoms with Crippen molar-refractivity contribution in [3.8, 4) is 0 Å². The van der Waals surface area contributed by atoms with Gasteiger partial charge < -0.3 is 5.32 Å². The molecule has 0 spiro atoms. The van der Waals surface area contributed by atoms with Crippen molar-refractivity contribution >= 4 is 69.4 Å². The Morgan fingerprint density at radius 3 is 2.35 bits per heavy atom. The van der Waals surface area contributed by atoms with Crippen LogP contribution in [0.1, 0.15) is 16.7 Å². The Morgan fingerprint density at radius 1 is 1.00 bits per heavy atom. The molecule has 0 fully saturated rings. The van der Waals surface area contributed by atoms with Gasteiger partial charge in [0.05, 0.1) is 11.4 Å². The van der Waals surface area contributed by atoms with Gasteiger partial charge in [0, 0.05) is 15.7 Å². The number of hydrogen-bond acceptors (Lipinski definition) is 4. The molecule has 0 saturated heterocycles. The molecule has 1 N–H and O–H groups in total. The van der Waals surface area contributed by atoms with Gasteiger partial charge in [-0.1, -0.05) is 64.8 Å². The van der Waals surface area contributed by atoms with E-state index < -0.39 is 0 Å². The Hall–Kier alpha value is -3.06. The van der Waals surface area contributed by atoms with Gasteiger partial charge >= 0.3 is 0 Å². The molecular weight excluding hydrogens is 489 g/mol. The van der Waals surface area contributed by atoms with E-state index in [-0.39, 0.29) is 17.6 Å². The molecule has 0 aromatic heterocycles. The standard InChI is InChI=1S/C26H21Cl2N3O2S/c1-16-3-5-18(6-4-16)14-22-25(33)31(23-12-9-20(28)13-17(23)2)26(30-22)34-15-24(32)29-21-10-7-19(27)8-11-21/h3-14H,15H2,1-2H3,(H,29,32)/b22-14+. The van der Waals surface area contributed by atoms with E-state index in [1.165, 1.54) is 16.7 Å². The zero-order valence-corrected chi connectivity index (χ0v) is 20.8. The van der Waals surface area contributed by atoms with Crippen molar-refractivity contribution in [3.63, 3.8) is 0 Å². The molecule has 0 atom stereocenters. The van der Waals surface area contributed by atoms with Gasteiger partial charge in [-0.15, -0.1) is 0 Å². The third-order valence-electron chi connectivity index (χ3n) is 5.07. The highest BCUT2D eigenvalue weighted by molar-refractivity contribution is 8.14. The molecule has 8 heteroatoms. The lowest BCUT2D eigenvalue weighted by Crippen LogP contribution is -2.31. The number of nitrogens with one attached hydrogen (secondary N) is 1. The summed E-state index contributed by atoms with van der Waals surface area (Å²) in [6.07, 6.45) is 1.75. The lowest BCUT2D eigenvalue weighted by atomic mass is 10.1. The van der Waals surface area contributed by atoms with Crippen LogP contribution in [0.5, 0.6) is 0 Å². The minimum atomic E-state index is -0.258. The summed E-state index contributed by atoms with van der Waals surface area (Å²) in [4.78, 5) is 32.0. The highest BCUT2D eigenvalue weighted by Crippen LogP contribution is 2.33. The predicted molar refractivity (Wildman–Crippen MR) is 143 cm³/mol. The molecule has 5 nitrogen and oxygen atoms in total. The second kappa shape index (κ2) is 10.5. The number of nitrogens with zero attached hydrogens (tertiary/aromatic N) is 2. The van der Waals surface area contributed by atoms with Gasteiger partial charge in [0.15, 0.2) is 5.17 Å². The van der Waals surface area contributed by atoms with E-state index in [9.17, 15) is 9.59 Å². The van der Waals surface area contributed by atoms with Crippen molar-refractivity contribution in [2.75, 3.05) is 16.0 Å². The molecule has 1 heterocycles. The van der Waals surface area contributed by atoms with E-state index in [0.29, 0.717) is 32.3 Å². The third-order valence-corrected chi connectivity index (χ3v) is 6.50. The topological polar surface area (TPSA) is 61.8 Å². The van der Waals surface area contributed by atoms with Crippen molar-refractivity contribution in [1.82, 2.24) is 0 Å². The number of halogens is 2. The summed E-state index contributed by atoms with van der Waals surface area (Å²) < 4.78 is 0. The Kier molecular flexibility index (Phi) is 7.41. The molecule has 3 aromatic carbocycles. The number of amides is 2. The number of hydrogen-bond donors (Lipinski definition) is 1. The summed E-state index contributed by atoms with van der Waals surface area (Å²) >= 11 is 13.2. The van der Waals surface area contributed by atoms with Crippen molar-refractivity contribution < 1.29 is 9.59 Å². The summed E-state index contributed by atoms with van der Waals surface area (Å²) in [5, 5.41) is 4.43. The van der Waals surface area contributed by atoms with E-state index in [4.69, 9.17) is 23.2 Å². The fourth-order valence-electron chi connectivity index (χ4n) is 3.36. The van der Waals surface area contributed by atoms with E-state index in [0.717, 1.165) is 16.7 Å². The number of aliphatic imine (C=N–C) groups is 1. The number of amidine groups is 1. The molecule has 34 heavy (non-hydrogen) atoms. The van der Waals surface area contributed by atoms with Crippen LogP contribution in [0.4, 0.5) is 11.4 Å². The summed E-state index contributed by atoms with van der Waals surface area (Å²) in [5.41, 5.74) is 4.45. The molecule has 0 unspecified atom stereocenters. The zero-order chi connectivity index (χ0) is 24.2. The van der Waals surface area contributed by atoms with Gasteiger partial charge in [-0.3, -0.25) is 14.5 Å². The maximum atomic E-state index is 13.4. The molecule has 0 aliphatic carbocycles. The minimum Gasteiger partial charge on any atom is -0.325 e. The van der Waals surface area contributed by atoms with Gasteiger partial charge in [-0.25, -0.2) is 4.99 Å². The van der Waals surface area contributed by atoms with E-state index in [1.807, 2.05) is 38.1 Å². The molecule has 0 saturated carbocycles. The van der Waals surface area contributed by atoms with Crippen molar-refractivity contribution in [2.45, 2.75) is 13.8 Å². The summed E-state index contributed by atoms with van der Waals surface area (Å²) in [7, 11) is 0. The molecular formula is C26H21Cl2N3O2S. The molecule has 2 amide bonds. The average Bonchev–Trinajstić information content (AvgIpc) is 3.10. The van der Waals surface area contributed by atoms with Crippen LogP contribution >= 0.6 is 35.0 Å². The molecule has 3 aromatic rings. The summed E-state index contributed by atoms with van der Waals surface area (Å²) in [5.74, 6) is -0.395. The average molecular weight is 510 g/mol. The van der Waals surface area contributed by atoms with Crippen LogP contribution in [-0.4, -0.2) is 22.7 Å². The Bertz CT molecular complexity index is 1300. The van der Waals surface area contributed by atoms with Crippen LogP contribution in [0, 0.1) is 13.8 Å². The van der Waals surface area contributed by atoms with Crippen LogP contribution in [-0.2, 0) is 9.59 Å². The zero-order valence-electron chi connectivity index (χ0n) is 18.5. The molecule has 0 radical (unpaired) electrons. The van der Waals surface area contributed by atoms with Crippen LogP contribution in [0.3, 0.4) is 0 Å². The van der Waals surface area contributed by atoms with E-state index >= 15 is 0 Å². The maximum Gasteiger partial charge on any atom is 0.283 e. The van der Waals surface area contributed by atoms with Crippen LogP contribution in [0.25, 0.3) is 6.08 Å². The lowest BCUT2D eigenvalue weighted by Gasteiger charge is -2.20. The largest absolute Gasteiger partial charge is 0.325 e. The third kappa shape index (κ3) is 5.70. The fraction of sp³-hybridized carbons (Fsp3) is 0.115. The molecule has 0 bridgehead atoms. The van der Waals surface area contributed by atoms with Crippen molar-refractivity contribution in [2.24, 2.45) is 4.99 Å². The van der Waals surface area contributed by atoms with Gasteiger partial charge in [0.2, 0.25) is 5.91 Å². The maximum absolute atomic E-state index is 13.4. The number of carbonyl (C=O) groups is 2.